The second-order valence-electron chi connectivity index (χ2n) is 4.45. The van der Waals surface area contributed by atoms with Gasteiger partial charge in [0.15, 0.2) is 0 Å². The number of allylic oxidation sites excluding steroid dienone is 2. The third kappa shape index (κ3) is 6.48. The highest BCUT2D eigenvalue weighted by molar-refractivity contribution is 5.94. The maximum atomic E-state index is 4.68. The Morgan fingerprint density at radius 2 is 1.47 bits per heavy atom. The zero-order chi connectivity index (χ0) is 10.8. The number of nitrogens with zero attached hydrogens (tertiary/aromatic N) is 1. The molecule has 15 heavy (non-hydrogen) atoms. The summed E-state index contributed by atoms with van der Waals surface area (Å²) in [5, 5.41) is 0. The predicted molar refractivity (Wildman–Crippen MR) is 68.7 cm³/mol. The van der Waals surface area contributed by atoms with Gasteiger partial charge in [0.05, 0.1) is 0 Å². The fraction of sp³-hybridized carbons (Fsp3) is 0.786. The zero-order valence-electron chi connectivity index (χ0n) is 10.2. The molecule has 0 atom stereocenters. The summed E-state index contributed by atoms with van der Waals surface area (Å²) >= 11 is 0. The van der Waals surface area contributed by atoms with Crippen LogP contribution in [0.1, 0.15) is 64.7 Å². The number of hydrogen-bond acceptors (Lipinski definition) is 1. The summed E-state index contributed by atoms with van der Waals surface area (Å²) in [5.41, 5.74) is 1.32. The molecule has 0 aromatic carbocycles. The van der Waals surface area contributed by atoms with Gasteiger partial charge in [0.1, 0.15) is 0 Å². The van der Waals surface area contributed by atoms with Crippen LogP contribution in [0, 0.1) is 0 Å². The second kappa shape index (κ2) is 8.70. The van der Waals surface area contributed by atoms with Gasteiger partial charge in [-0.1, -0.05) is 44.6 Å². The molecule has 0 N–H and O–H groups in total. The third-order valence-electron chi connectivity index (χ3n) is 3.01. The van der Waals surface area contributed by atoms with Gasteiger partial charge in [-0.15, -0.1) is 0 Å². The van der Waals surface area contributed by atoms with Crippen molar-refractivity contribution in [3.05, 3.63) is 12.2 Å². The van der Waals surface area contributed by atoms with Crippen LogP contribution >= 0.6 is 0 Å². The van der Waals surface area contributed by atoms with Crippen molar-refractivity contribution in [1.82, 2.24) is 0 Å². The normalized spacial score (nSPS) is 25.3. The highest BCUT2D eigenvalue weighted by Gasteiger charge is 1.98. The minimum Gasteiger partial charge on any atom is -0.290 e. The largest absolute Gasteiger partial charge is 0.290 e. The monoisotopic (exact) mass is 207 g/mol. The second-order valence-corrected chi connectivity index (χ2v) is 4.45. The van der Waals surface area contributed by atoms with E-state index in [1.165, 1.54) is 63.5 Å². The summed E-state index contributed by atoms with van der Waals surface area (Å²) in [5.74, 6) is 0. The summed E-state index contributed by atoms with van der Waals surface area (Å²) in [4.78, 5) is 4.68. The van der Waals surface area contributed by atoms with Gasteiger partial charge in [-0.2, -0.15) is 0 Å². The van der Waals surface area contributed by atoms with Crippen molar-refractivity contribution >= 4 is 5.71 Å². The van der Waals surface area contributed by atoms with Crippen molar-refractivity contribution in [1.29, 1.82) is 0 Å². The van der Waals surface area contributed by atoms with Crippen molar-refractivity contribution in [2.75, 3.05) is 6.54 Å². The molecule has 0 aromatic rings. The third-order valence-corrected chi connectivity index (χ3v) is 3.01. The minimum atomic E-state index is 1.04. The molecule has 1 nitrogen and oxygen atoms in total. The molecule has 0 unspecified atom stereocenters. The van der Waals surface area contributed by atoms with Gasteiger partial charge < -0.3 is 0 Å². The fourth-order valence-corrected chi connectivity index (χ4v) is 2.11. The van der Waals surface area contributed by atoms with E-state index in [0.717, 1.165) is 6.54 Å². The number of aliphatic imine (C=N–C) groups is 1. The Hall–Kier alpha value is -0.590. The topological polar surface area (TPSA) is 12.4 Å². The zero-order valence-corrected chi connectivity index (χ0v) is 10.2. The number of hydrogen-bond donors (Lipinski definition) is 0. The summed E-state index contributed by atoms with van der Waals surface area (Å²) in [6.45, 7) is 3.12. The lowest BCUT2D eigenvalue weighted by atomic mass is 10.0. The van der Waals surface area contributed by atoms with E-state index in [0.29, 0.717) is 0 Å². The Bertz CT molecular complexity index is 203. The molecule has 1 rings (SSSR count). The van der Waals surface area contributed by atoms with Crippen LogP contribution in [0.25, 0.3) is 0 Å². The van der Waals surface area contributed by atoms with E-state index in [9.17, 15) is 0 Å². The molecular weight excluding hydrogens is 182 g/mol. The van der Waals surface area contributed by atoms with Crippen LogP contribution in [0.15, 0.2) is 17.1 Å². The van der Waals surface area contributed by atoms with Crippen molar-refractivity contribution < 1.29 is 0 Å². The van der Waals surface area contributed by atoms with Crippen LogP contribution in [0.5, 0.6) is 0 Å². The lowest BCUT2D eigenvalue weighted by Gasteiger charge is -2.06. The van der Waals surface area contributed by atoms with Gasteiger partial charge in [-0.25, -0.2) is 0 Å². The minimum absolute atomic E-state index is 1.04. The molecule has 0 spiro atoms. The molecule has 0 amide bonds. The molecule has 0 aliphatic carbocycles. The first-order valence-electron chi connectivity index (χ1n) is 6.59. The molecule has 0 aromatic heterocycles. The summed E-state index contributed by atoms with van der Waals surface area (Å²) in [6.07, 6.45) is 16.5. The van der Waals surface area contributed by atoms with Crippen LogP contribution < -0.4 is 0 Å². The first-order valence-corrected chi connectivity index (χ1v) is 6.59. The lowest BCUT2D eigenvalue weighted by Crippen LogP contribution is -1.97. The van der Waals surface area contributed by atoms with E-state index in [-0.39, 0.29) is 0 Å². The molecule has 86 valence electrons. The smallest absolute Gasteiger partial charge is 0.0392 e. The van der Waals surface area contributed by atoms with Gasteiger partial charge >= 0.3 is 0 Å². The van der Waals surface area contributed by atoms with Crippen LogP contribution in [-0.4, -0.2) is 12.3 Å². The molecule has 0 fully saturated rings. The standard InChI is InChI=1S/C14H25N/c1-2-11-14-12-9-7-5-3-4-6-8-10-13-15-14/h2,11H,3-10,12-13H2,1H3/b11-2+,15-14-. The highest BCUT2D eigenvalue weighted by Crippen LogP contribution is 2.12. The van der Waals surface area contributed by atoms with E-state index < -0.39 is 0 Å². The Balaban J connectivity index is 2.38. The Kier molecular flexibility index (Phi) is 7.24. The Labute approximate surface area is 94.7 Å². The van der Waals surface area contributed by atoms with E-state index in [2.05, 4.69) is 24.1 Å². The average Bonchev–Trinajstić information content (AvgIpc) is 2.22. The van der Waals surface area contributed by atoms with Gasteiger partial charge in [0.2, 0.25) is 0 Å². The molecule has 1 aliphatic rings. The lowest BCUT2D eigenvalue weighted by molar-refractivity contribution is 0.569. The van der Waals surface area contributed by atoms with Crippen LogP contribution in [0.2, 0.25) is 0 Å². The Morgan fingerprint density at radius 3 is 2.13 bits per heavy atom. The first kappa shape index (κ1) is 12.5. The maximum Gasteiger partial charge on any atom is 0.0392 e. The fourth-order valence-electron chi connectivity index (χ4n) is 2.11. The molecular formula is C14H25N. The molecule has 0 saturated carbocycles. The number of rotatable bonds is 1. The summed E-state index contributed by atoms with van der Waals surface area (Å²) in [7, 11) is 0. The van der Waals surface area contributed by atoms with Crippen molar-refractivity contribution in [2.45, 2.75) is 64.7 Å². The summed E-state index contributed by atoms with van der Waals surface area (Å²) < 4.78 is 0. The van der Waals surface area contributed by atoms with Crippen LogP contribution in [-0.2, 0) is 0 Å². The molecule has 0 radical (unpaired) electrons. The molecule has 0 saturated heterocycles. The van der Waals surface area contributed by atoms with E-state index in [1.807, 2.05) is 0 Å². The first-order chi connectivity index (χ1) is 7.43. The van der Waals surface area contributed by atoms with E-state index in [1.54, 1.807) is 0 Å². The van der Waals surface area contributed by atoms with Crippen molar-refractivity contribution in [3.63, 3.8) is 0 Å². The van der Waals surface area contributed by atoms with Crippen LogP contribution in [0.3, 0.4) is 0 Å². The highest BCUT2D eigenvalue weighted by atomic mass is 14.7. The van der Waals surface area contributed by atoms with Gasteiger partial charge in [-0.3, -0.25) is 4.99 Å². The van der Waals surface area contributed by atoms with E-state index in [4.69, 9.17) is 0 Å². The van der Waals surface area contributed by atoms with Crippen molar-refractivity contribution in [2.24, 2.45) is 4.99 Å². The predicted octanol–water partition coefficient (Wildman–Crippen LogP) is 4.53. The molecule has 0 bridgehead atoms. The molecule has 1 aliphatic heterocycles. The van der Waals surface area contributed by atoms with Crippen LogP contribution in [0.4, 0.5) is 0 Å². The van der Waals surface area contributed by atoms with Gasteiger partial charge in [0.25, 0.3) is 0 Å². The van der Waals surface area contributed by atoms with Crippen molar-refractivity contribution in [3.8, 4) is 0 Å². The SMILES string of the molecule is C/C=C/C1=N/CCCCCCCCCC1. The van der Waals surface area contributed by atoms with Gasteiger partial charge in [-0.05, 0) is 32.3 Å². The maximum absolute atomic E-state index is 4.68. The van der Waals surface area contributed by atoms with E-state index >= 15 is 0 Å². The van der Waals surface area contributed by atoms with Gasteiger partial charge in [0, 0.05) is 12.3 Å². The molecule has 1 heterocycles. The molecule has 1 heteroatoms. The summed E-state index contributed by atoms with van der Waals surface area (Å²) in [6, 6.07) is 0. The Morgan fingerprint density at radius 1 is 0.867 bits per heavy atom. The average molecular weight is 207 g/mol. The quantitative estimate of drug-likeness (QED) is 0.599.